The van der Waals surface area contributed by atoms with Crippen molar-refractivity contribution in [2.45, 2.75) is 81.1 Å². The first-order valence-corrected chi connectivity index (χ1v) is 13.9. The Morgan fingerprint density at radius 3 is 1.32 bits per heavy atom. The fourth-order valence-corrected chi connectivity index (χ4v) is 4.39. The second-order valence-corrected chi connectivity index (χ2v) is 10.2. The van der Waals surface area contributed by atoms with Gasteiger partial charge < -0.3 is 0 Å². The van der Waals surface area contributed by atoms with Gasteiger partial charge in [-0.3, -0.25) is 24.2 Å². The number of rotatable bonds is 10. The van der Waals surface area contributed by atoms with Crippen LogP contribution in [0.2, 0.25) is 0 Å². The summed E-state index contributed by atoms with van der Waals surface area (Å²) in [5, 5.41) is 6.00. The van der Waals surface area contributed by atoms with Crippen molar-refractivity contribution >= 4 is 29.6 Å². The van der Waals surface area contributed by atoms with Crippen molar-refractivity contribution in [3.05, 3.63) is 68.8 Å². The maximum atomic E-state index is 12.6. The van der Waals surface area contributed by atoms with E-state index in [2.05, 4.69) is 5.10 Å². The lowest BCUT2D eigenvalue weighted by Gasteiger charge is -2.16. The lowest BCUT2D eigenvalue weighted by molar-refractivity contribution is -0.125. The number of hydrogen-bond acceptors (Lipinski definition) is 6. The van der Waals surface area contributed by atoms with Crippen molar-refractivity contribution in [3.8, 4) is 0 Å². The fraction of sp³-hybridized carbons (Fsp3) is 0.469. The van der Waals surface area contributed by atoms with Crippen LogP contribution < -0.4 is 5.84 Å². The molecule has 0 aliphatic rings. The summed E-state index contributed by atoms with van der Waals surface area (Å²) in [7, 11) is 2.90. The Kier molecular flexibility index (Phi) is 13.6. The van der Waals surface area contributed by atoms with E-state index in [0.29, 0.717) is 11.1 Å². The van der Waals surface area contributed by atoms with Crippen LogP contribution in [0, 0.1) is 19.8 Å². The summed E-state index contributed by atoms with van der Waals surface area (Å²) in [5.74, 6) is 3.31. The number of nitrogens with two attached hydrogens (primary N) is 1. The van der Waals surface area contributed by atoms with Crippen LogP contribution in [0.3, 0.4) is 0 Å². The third kappa shape index (κ3) is 8.95. The predicted octanol–water partition coefficient (Wildman–Crippen LogP) is 5.04. The van der Waals surface area contributed by atoms with Crippen molar-refractivity contribution in [1.29, 1.82) is 0 Å². The van der Waals surface area contributed by atoms with Gasteiger partial charge in [-0.15, -0.1) is 0 Å². The molecule has 218 valence electrons. The second kappa shape index (κ2) is 15.8. The molecule has 8 heteroatoms. The Bertz CT molecular complexity index is 1210. The average Bonchev–Trinajstić information content (AvgIpc) is 2.93. The van der Waals surface area contributed by atoms with E-state index in [4.69, 9.17) is 5.84 Å². The van der Waals surface area contributed by atoms with Gasteiger partial charge in [0.1, 0.15) is 0 Å². The molecule has 0 saturated heterocycles. The van der Waals surface area contributed by atoms with Crippen LogP contribution in [0.5, 0.6) is 0 Å². The zero-order valence-electron chi connectivity index (χ0n) is 25.8. The van der Waals surface area contributed by atoms with Crippen molar-refractivity contribution in [2.24, 2.45) is 16.9 Å². The highest BCUT2D eigenvalue weighted by atomic mass is 16.2. The number of carbonyl (C=O) groups excluding carboxylic acids is 4. The van der Waals surface area contributed by atoms with Gasteiger partial charge in [-0.1, -0.05) is 76.9 Å². The second-order valence-electron chi connectivity index (χ2n) is 10.2. The molecule has 2 amide bonds. The number of nitrogens with zero attached hydrogens (tertiary/aromatic N) is 3. The van der Waals surface area contributed by atoms with Gasteiger partial charge in [0.2, 0.25) is 0 Å². The van der Waals surface area contributed by atoms with Gasteiger partial charge in [0.05, 0.1) is 0 Å². The molecule has 0 aliphatic heterocycles. The Morgan fingerprint density at radius 1 is 0.725 bits per heavy atom. The summed E-state index contributed by atoms with van der Waals surface area (Å²) in [6.07, 6.45) is 4.54. The lowest BCUT2D eigenvalue weighted by Crippen LogP contribution is -2.39. The van der Waals surface area contributed by atoms with E-state index in [-0.39, 0.29) is 5.92 Å². The molecule has 0 fully saturated rings. The van der Waals surface area contributed by atoms with Crippen molar-refractivity contribution < 1.29 is 19.2 Å². The molecule has 2 aromatic rings. The van der Waals surface area contributed by atoms with E-state index in [1.807, 2.05) is 79.7 Å². The van der Waals surface area contributed by atoms with Crippen LogP contribution in [0.1, 0.15) is 95.6 Å². The normalized spacial score (nSPS) is 10.8. The number of hydrazine groups is 1. The molecule has 8 nitrogen and oxygen atoms in total. The van der Waals surface area contributed by atoms with Gasteiger partial charge in [-0.2, -0.15) is 5.10 Å². The minimum Gasteiger partial charge on any atom is -0.283 e. The number of benzene rings is 2. The molecular weight excluding hydrogens is 504 g/mol. The minimum absolute atomic E-state index is 0.224. The third-order valence-electron chi connectivity index (χ3n) is 6.41. The van der Waals surface area contributed by atoms with E-state index in [1.54, 1.807) is 6.21 Å². The Labute approximate surface area is 239 Å². The molecular formula is C32H46N4O4. The van der Waals surface area contributed by atoms with E-state index >= 15 is 0 Å². The number of likely N-dealkylation sites (N-methyl/N-ethyl adjacent to an activating group) is 2. The molecule has 0 aromatic heterocycles. The summed E-state index contributed by atoms with van der Waals surface area (Å²) in [4.78, 5) is 48.9. The summed E-state index contributed by atoms with van der Waals surface area (Å²) >= 11 is 0. The summed E-state index contributed by atoms with van der Waals surface area (Å²) in [6, 6.07) is 7.88. The zero-order valence-corrected chi connectivity index (χ0v) is 25.8. The molecule has 0 bridgehead atoms. The molecule has 2 N–H and O–H groups in total. The predicted molar refractivity (Wildman–Crippen MR) is 162 cm³/mol. The van der Waals surface area contributed by atoms with Gasteiger partial charge in [0.15, 0.2) is 0 Å². The van der Waals surface area contributed by atoms with Gasteiger partial charge in [0.25, 0.3) is 11.6 Å². The number of ketones is 2. The highest BCUT2D eigenvalue weighted by Gasteiger charge is 2.25. The van der Waals surface area contributed by atoms with Gasteiger partial charge in [-0.25, -0.2) is 10.9 Å². The fourth-order valence-electron chi connectivity index (χ4n) is 4.39. The van der Waals surface area contributed by atoms with E-state index in [9.17, 15) is 19.2 Å². The zero-order chi connectivity index (χ0) is 30.7. The van der Waals surface area contributed by atoms with E-state index in [0.717, 1.165) is 69.1 Å². The van der Waals surface area contributed by atoms with E-state index < -0.39 is 23.4 Å². The maximum absolute atomic E-state index is 12.6. The Morgan fingerprint density at radius 2 is 1.05 bits per heavy atom. The molecule has 0 aliphatic carbocycles. The van der Waals surface area contributed by atoms with Crippen molar-refractivity contribution in [3.63, 3.8) is 0 Å². The highest BCUT2D eigenvalue weighted by Crippen LogP contribution is 2.22. The molecule has 2 aromatic carbocycles. The topological polar surface area (TPSA) is 113 Å². The van der Waals surface area contributed by atoms with Crippen LogP contribution in [-0.2, 0) is 35.3 Å². The summed E-state index contributed by atoms with van der Waals surface area (Å²) < 4.78 is 0. The SMILES string of the molecule is CCc1cc(C)cc(CC)c1C(=O)C(=O)N(C)N.CCc1cc(C)cc(CC)c1C(=O)C(=O)N(C)N=CC(C)C. The van der Waals surface area contributed by atoms with Crippen molar-refractivity contribution in [1.82, 2.24) is 10.0 Å². The maximum Gasteiger partial charge on any atom is 0.314 e. The first-order valence-electron chi connectivity index (χ1n) is 13.9. The first-order chi connectivity index (χ1) is 18.7. The van der Waals surface area contributed by atoms with Crippen LogP contribution in [0.15, 0.2) is 29.4 Å². The number of hydrogen-bond donors (Lipinski definition) is 1. The van der Waals surface area contributed by atoms with Crippen LogP contribution in [0.25, 0.3) is 0 Å². The number of amides is 2. The number of carbonyl (C=O) groups is 4. The molecule has 0 unspecified atom stereocenters. The summed E-state index contributed by atoms with van der Waals surface area (Å²) in [5.41, 5.74) is 6.96. The minimum atomic E-state index is -0.678. The van der Waals surface area contributed by atoms with Gasteiger partial charge in [-0.05, 0) is 67.7 Å². The smallest absolute Gasteiger partial charge is 0.283 e. The first kappa shape index (κ1) is 34.4. The Balaban J connectivity index is 0.000000408. The number of Topliss-reactive ketones (excluding diaryl/α,β-unsaturated/α-hetero) is 2. The Hall–Kier alpha value is -3.65. The lowest BCUT2D eigenvalue weighted by atomic mass is 9.92. The molecule has 0 radical (unpaired) electrons. The molecule has 0 atom stereocenters. The molecule has 0 spiro atoms. The number of aryl methyl sites for hydroxylation is 6. The van der Waals surface area contributed by atoms with Gasteiger partial charge in [0, 0.05) is 31.4 Å². The summed E-state index contributed by atoms with van der Waals surface area (Å²) in [6.45, 7) is 15.9. The molecule has 0 saturated carbocycles. The molecule has 40 heavy (non-hydrogen) atoms. The molecule has 0 heterocycles. The van der Waals surface area contributed by atoms with E-state index in [1.165, 1.54) is 14.1 Å². The molecule has 2 rings (SSSR count). The monoisotopic (exact) mass is 550 g/mol. The highest BCUT2D eigenvalue weighted by molar-refractivity contribution is 6.43. The quantitative estimate of drug-likeness (QED) is 0.111. The van der Waals surface area contributed by atoms with Crippen LogP contribution >= 0.6 is 0 Å². The average molecular weight is 551 g/mol. The largest absolute Gasteiger partial charge is 0.314 e. The van der Waals surface area contributed by atoms with Gasteiger partial charge >= 0.3 is 11.8 Å². The van der Waals surface area contributed by atoms with Crippen LogP contribution in [-0.4, -0.2) is 53.7 Å². The van der Waals surface area contributed by atoms with Crippen LogP contribution in [0.4, 0.5) is 0 Å². The standard InChI is InChI=1S/C18H26N2O2.C14H20N2O2/c1-7-14-9-13(5)10-15(8-2)16(14)17(21)18(22)20(6)19-11-12(3)4;1-5-10-7-9(3)8-11(6-2)12(10)13(17)14(18)16(4)15/h9-12H,7-8H2,1-6H3;7-8H,5-6,15H2,1-4H3. The number of hydrazone groups is 1. The van der Waals surface area contributed by atoms with Crippen molar-refractivity contribution in [2.75, 3.05) is 14.1 Å². The third-order valence-corrected chi connectivity index (χ3v) is 6.41.